The maximum atomic E-state index is 12.1. The van der Waals surface area contributed by atoms with Gasteiger partial charge in [0, 0.05) is 38.1 Å². The van der Waals surface area contributed by atoms with Crippen molar-refractivity contribution >= 4 is 21.9 Å². The molecule has 3 unspecified atom stereocenters. The predicted molar refractivity (Wildman–Crippen MR) is 117 cm³/mol. The second-order valence-corrected chi connectivity index (χ2v) is 10.5. The number of amides is 1. The van der Waals surface area contributed by atoms with Crippen molar-refractivity contribution in [3.05, 3.63) is 29.8 Å². The van der Waals surface area contributed by atoms with Crippen molar-refractivity contribution in [2.24, 2.45) is 21.5 Å². The fourth-order valence-corrected chi connectivity index (χ4v) is 5.54. The molecular weight excluding hydrogens is 418 g/mol. The van der Waals surface area contributed by atoms with Crippen LogP contribution in [-0.4, -0.2) is 64.6 Å². The maximum Gasteiger partial charge on any atom is 0.241 e. The highest BCUT2D eigenvalue weighted by Crippen LogP contribution is 2.62. The number of hydrogen-bond acceptors (Lipinski definition) is 5. The minimum Gasteiger partial charge on any atom is -0.377 e. The molecule has 1 aromatic carbocycles. The van der Waals surface area contributed by atoms with Crippen LogP contribution in [0.4, 0.5) is 0 Å². The summed E-state index contributed by atoms with van der Waals surface area (Å²) in [6, 6.07) is 6.64. The Balaban J connectivity index is 1.48. The van der Waals surface area contributed by atoms with Gasteiger partial charge >= 0.3 is 0 Å². The molecule has 2 saturated carbocycles. The number of carbonyl (C=O) groups excluding carboxylic acids is 1. The van der Waals surface area contributed by atoms with Crippen LogP contribution in [-0.2, 0) is 26.1 Å². The molecule has 4 rings (SSSR count). The summed E-state index contributed by atoms with van der Waals surface area (Å²) in [4.78, 5) is 18.4. The SMILES string of the molecule is CN(C)C(=O)CNC(=NCc1ccc(S(N)(=O)=O)cc1)NC1C2CCOC2C12CCC2. The summed E-state index contributed by atoms with van der Waals surface area (Å²) >= 11 is 0. The summed E-state index contributed by atoms with van der Waals surface area (Å²) in [5, 5.41) is 11.9. The molecule has 1 saturated heterocycles. The van der Waals surface area contributed by atoms with Gasteiger partial charge < -0.3 is 20.3 Å². The average Bonchev–Trinajstić information content (AvgIpc) is 3.10. The van der Waals surface area contributed by atoms with Crippen LogP contribution in [0.1, 0.15) is 31.2 Å². The molecule has 3 fully saturated rings. The predicted octanol–water partition coefficient (Wildman–Crippen LogP) is 0.415. The third-order valence-electron chi connectivity index (χ3n) is 6.91. The maximum absolute atomic E-state index is 12.1. The summed E-state index contributed by atoms with van der Waals surface area (Å²) in [5.74, 6) is 1.03. The molecule has 31 heavy (non-hydrogen) atoms. The Hall–Kier alpha value is -2.17. The lowest BCUT2D eigenvalue weighted by atomic mass is 9.46. The van der Waals surface area contributed by atoms with Crippen molar-refractivity contribution in [1.29, 1.82) is 0 Å². The Labute approximate surface area is 183 Å². The first kappa shape index (κ1) is 22.0. The van der Waals surface area contributed by atoms with Crippen molar-refractivity contribution in [3.63, 3.8) is 0 Å². The van der Waals surface area contributed by atoms with Crippen molar-refractivity contribution in [1.82, 2.24) is 15.5 Å². The van der Waals surface area contributed by atoms with E-state index >= 15 is 0 Å². The third kappa shape index (κ3) is 4.28. The fraction of sp³-hybridized carbons (Fsp3) is 0.619. The summed E-state index contributed by atoms with van der Waals surface area (Å²) in [5.41, 5.74) is 1.04. The number of nitrogens with zero attached hydrogens (tertiary/aromatic N) is 2. The monoisotopic (exact) mass is 449 g/mol. The topological polar surface area (TPSA) is 126 Å². The molecule has 170 valence electrons. The molecule has 0 aromatic heterocycles. The Bertz CT molecular complexity index is 956. The normalized spacial score (nSPS) is 26.5. The van der Waals surface area contributed by atoms with Gasteiger partial charge in [0.1, 0.15) is 0 Å². The minimum atomic E-state index is -3.72. The standard InChI is InChI=1S/C21H31N5O4S/c1-26(2)17(27)13-24-20(23-12-14-4-6-15(7-5-14)31(22,28)29)25-18-16-8-11-30-19(16)21(18)9-3-10-21/h4-7,16,18-19H,3,8-13H2,1-2H3,(H2,22,28,29)(H2,23,24,25). The number of ether oxygens (including phenoxy) is 1. The van der Waals surface area contributed by atoms with Crippen LogP contribution in [0.5, 0.6) is 0 Å². The summed E-state index contributed by atoms with van der Waals surface area (Å²) < 4.78 is 28.9. The molecule has 2 aliphatic carbocycles. The van der Waals surface area contributed by atoms with Crippen LogP contribution >= 0.6 is 0 Å². The average molecular weight is 450 g/mol. The van der Waals surface area contributed by atoms with Gasteiger partial charge in [-0.1, -0.05) is 18.6 Å². The minimum absolute atomic E-state index is 0.0407. The van der Waals surface area contributed by atoms with Crippen molar-refractivity contribution in [2.45, 2.75) is 49.3 Å². The van der Waals surface area contributed by atoms with Gasteiger partial charge in [-0.25, -0.2) is 18.5 Å². The summed E-state index contributed by atoms with van der Waals surface area (Å²) in [6.07, 6.45) is 4.92. The number of nitrogens with one attached hydrogen (secondary N) is 2. The van der Waals surface area contributed by atoms with E-state index in [2.05, 4.69) is 15.6 Å². The summed E-state index contributed by atoms with van der Waals surface area (Å²) in [6.45, 7) is 1.30. The number of sulfonamides is 1. The number of nitrogens with two attached hydrogens (primary N) is 1. The molecule has 1 amide bonds. The number of fused-ring (bicyclic) bond motifs is 2. The Morgan fingerprint density at radius 2 is 2.00 bits per heavy atom. The van der Waals surface area contributed by atoms with Crippen molar-refractivity contribution in [3.8, 4) is 0 Å². The molecule has 1 aromatic rings. The van der Waals surface area contributed by atoms with Gasteiger partial charge in [0.25, 0.3) is 0 Å². The molecule has 10 heteroatoms. The smallest absolute Gasteiger partial charge is 0.241 e. The first-order chi connectivity index (χ1) is 14.7. The lowest BCUT2D eigenvalue weighted by Crippen LogP contribution is -2.72. The van der Waals surface area contributed by atoms with Gasteiger partial charge in [-0.3, -0.25) is 4.79 Å². The Morgan fingerprint density at radius 1 is 1.29 bits per heavy atom. The Morgan fingerprint density at radius 3 is 2.58 bits per heavy atom. The fourth-order valence-electron chi connectivity index (χ4n) is 5.03. The first-order valence-corrected chi connectivity index (χ1v) is 12.2. The number of primary sulfonamides is 1. The number of guanidine groups is 1. The van der Waals surface area contributed by atoms with Crippen molar-refractivity contribution in [2.75, 3.05) is 27.2 Å². The number of rotatable bonds is 6. The van der Waals surface area contributed by atoms with E-state index in [0.717, 1.165) is 31.4 Å². The molecule has 0 radical (unpaired) electrons. The van der Waals surface area contributed by atoms with E-state index < -0.39 is 10.0 Å². The van der Waals surface area contributed by atoms with Crippen LogP contribution in [0.25, 0.3) is 0 Å². The summed E-state index contributed by atoms with van der Waals surface area (Å²) in [7, 11) is -0.283. The highest BCUT2D eigenvalue weighted by molar-refractivity contribution is 7.89. The second-order valence-electron chi connectivity index (χ2n) is 8.95. The van der Waals surface area contributed by atoms with Crippen LogP contribution < -0.4 is 15.8 Å². The molecular formula is C21H31N5O4S. The van der Waals surface area contributed by atoms with E-state index in [4.69, 9.17) is 9.88 Å². The van der Waals surface area contributed by atoms with E-state index in [1.807, 2.05) is 0 Å². The van der Waals surface area contributed by atoms with Gasteiger partial charge in [-0.05, 0) is 37.0 Å². The van der Waals surface area contributed by atoms with Gasteiger partial charge in [0.05, 0.1) is 24.1 Å². The number of likely N-dealkylation sites (N-methyl/N-ethyl adjacent to an activating group) is 1. The lowest BCUT2D eigenvalue weighted by Gasteiger charge is -2.63. The van der Waals surface area contributed by atoms with E-state index in [0.29, 0.717) is 30.6 Å². The third-order valence-corrected chi connectivity index (χ3v) is 7.84. The van der Waals surface area contributed by atoms with E-state index in [9.17, 15) is 13.2 Å². The molecule has 4 N–H and O–H groups in total. The zero-order valence-corrected chi connectivity index (χ0v) is 18.8. The number of benzene rings is 1. The highest BCUT2D eigenvalue weighted by atomic mass is 32.2. The Kier molecular flexibility index (Phi) is 5.97. The quantitative estimate of drug-likeness (QED) is 0.427. The number of hydrogen-bond donors (Lipinski definition) is 3. The van der Waals surface area contributed by atoms with Gasteiger partial charge in [0.2, 0.25) is 15.9 Å². The highest BCUT2D eigenvalue weighted by Gasteiger charge is 2.66. The van der Waals surface area contributed by atoms with Gasteiger partial charge in [-0.2, -0.15) is 0 Å². The second kappa shape index (κ2) is 8.40. The molecule has 3 atom stereocenters. The first-order valence-electron chi connectivity index (χ1n) is 10.7. The van der Waals surface area contributed by atoms with Gasteiger partial charge in [-0.15, -0.1) is 0 Å². The van der Waals surface area contributed by atoms with Crippen LogP contribution in [0, 0.1) is 11.3 Å². The van der Waals surface area contributed by atoms with Crippen LogP contribution in [0.15, 0.2) is 34.2 Å². The lowest BCUT2D eigenvalue weighted by molar-refractivity contribution is -0.171. The number of aliphatic imine (C=N–C) groups is 1. The molecule has 1 spiro atoms. The van der Waals surface area contributed by atoms with E-state index in [-0.39, 0.29) is 22.8 Å². The number of carbonyl (C=O) groups is 1. The zero-order chi connectivity index (χ0) is 22.2. The molecule has 1 aliphatic heterocycles. The zero-order valence-electron chi connectivity index (χ0n) is 18.0. The molecule has 9 nitrogen and oxygen atoms in total. The van der Waals surface area contributed by atoms with E-state index in [1.165, 1.54) is 23.5 Å². The van der Waals surface area contributed by atoms with E-state index in [1.54, 1.807) is 26.2 Å². The van der Waals surface area contributed by atoms with Crippen molar-refractivity contribution < 1.29 is 17.9 Å². The van der Waals surface area contributed by atoms with Crippen LogP contribution in [0.3, 0.4) is 0 Å². The molecule has 0 bridgehead atoms. The molecule has 1 heterocycles. The molecule has 3 aliphatic rings. The van der Waals surface area contributed by atoms with Gasteiger partial charge in [0.15, 0.2) is 5.96 Å². The largest absolute Gasteiger partial charge is 0.377 e. The van der Waals surface area contributed by atoms with Crippen LogP contribution in [0.2, 0.25) is 0 Å².